The van der Waals surface area contributed by atoms with Gasteiger partial charge in [-0.3, -0.25) is 0 Å². The lowest BCUT2D eigenvalue weighted by Gasteiger charge is -2.11. The lowest BCUT2D eigenvalue weighted by molar-refractivity contribution is 0.314. The van der Waals surface area contributed by atoms with Gasteiger partial charge in [-0.25, -0.2) is 0 Å². The van der Waals surface area contributed by atoms with Gasteiger partial charge in [-0.15, -0.1) is 11.8 Å². The summed E-state index contributed by atoms with van der Waals surface area (Å²) in [5.41, 5.74) is 6.36. The minimum absolute atomic E-state index is 0.625. The fraction of sp³-hybridized carbons (Fsp3) is 0.200. The Bertz CT molecular complexity index is 517. The van der Waals surface area contributed by atoms with Crippen molar-refractivity contribution in [2.75, 3.05) is 25.2 Å². The monoisotopic (exact) mass is 275 g/mol. The van der Waals surface area contributed by atoms with Gasteiger partial charge >= 0.3 is 0 Å². The second kappa shape index (κ2) is 6.95. The number of hydrogen-bond acceptors (Lipinski definition) is 4. The number of benzene rings is 2. The van der Waals surface area contributed by atoms with Crippen molar-refractivity contribution in [2.24, 2.45) is 0 Å². The van der Waals surface area contributed by atoms with E-state index < -0.39 is 0 Å². The summed E-state index contributed by atoms with van der Waals surface area (Å²) in [5, 5.41) is 0. The minimum Gasteiger partial charge on any atom is -0.493 e. The zero-order chi connectivity index (χ0) is 13.5. The van der Waals surface area contributed by atoms with Crippen molar-refractivity contribution in [1.29, 1.82) is 0 Å². The van der Waals surface area contributed by atoms with E-state index in [1.807, 2.05) is 30.3 Å². The summed E-state index contributed by atoms with van der Waals surface area (Å²) < 4.78 is 10.9. The second-order valence-electron chi connectivity index (χ2n) is 3.92. The van der Waals surface area contributed by atoms with Crippen molar-refractivity contribution in [2.45, 2.75) is 4.90 Å². The Hall–Kier alpha value is -1.81. The van der Waals surface area contributed by atoms with Crippen LogP contribution >= 0.6 is 11.8 Å². The van der Waals surface area contributed by atoms with E-state index in [0.717, 1.165) is 11.5 Å². The lowest BCUT2D eigenvalue weighted by Crippen LogP contribution is -2.02. The Labute approximate surface area is 117 Å². The molecule has 0 aliphatic rings. The summed E-state index contributed by atoms with van der Waals surface area (Å²) in [6.45, 7) is 0.625. The molecule has 0 amide bonds. The van der Waals surface area contributed by atoms with E-state index in [9.17, 15) is 0 Å². The van der Waals surface area contributed by atoms with Gasteiger partial charge in [0, 0.05) is 22.4 Å². The molecule has 19 heavy (non-hydrogen) atoms. The molecule has 3 nitrogen and oxygen atoms in total. The van der Waals surface area contributed by atoms with Crippen LogP contribution in [0.25, 0.3) is 0 Å². The number of rotatable bonds is 6. The van der Waals surface area contributed by atoms with Crippen LogP contribution in [0.1, 0.15) is 0 Å². The van der Waals surface area contributed by atoms with E-state index in [1.54, 1.807) is 24.9 Å². The number of methoxy groups -OCH3 is 1. The highest BCUT2D eigenvalue weighted by molar-refractivity contribution is 7.99. The van der Waals surface area contributed by atoms with Crippen LogP contribution in [0.5, 0.6) is 11.5 Å². The molecule has 0 aliphatic heterocycles. The summed E-state index contributed by atoms with van der Waals surface area (Å²) in [6, 6.07) is 15.7. The van der Waals surface area contributed by atoms with Crippen molar-refractivity contribution in [3.63, 3.8) is 0 Å². The summed E-state index contributed by atoms with van der Waals surface area (Å²) in [6.07, 6.45) is 0. The van der Waals surface area contributed by atoms with E-state index in [2.05, 4.69) is 12.1 Å². The molecule has 0 aliphatic carbocycles. The van der Waals surface area contributed by atoms with Gasteiger partial charge < -0.3 is 15.2 Å². The Balaban J connectivity index is 1.83. The number of nitrogens with two attached hydrogens (primary N) is 1. The molecule has 0 fully saturated rings. The maximum Gasteiger partial charge on any atom is 0.162 e. The number of anilines is 1. The SMILES string of the molecule is COc1cc(N)ccc1OCCSc1ccccc1. The summed E-state index contributed by atoms with van der Waals surface area (Å²) in [5.74, 6) is 2.28. The van der Waals surface area contributed by atoms with Crippen LogP contribution in [-0.4, -0.2) is 19.5 Å². The normalized spacial score (nSPS) is 10.2. The first-order chi connectivity index (χ1) is 9.29. The number of nitrogen functional groups attached to an aromatic ring is 1. The molecule has 0 bridgehead atoms. The molecule has 0 aromatic heterocycles. The molecule has 2 rings (SSSR count). The van der Waals surface area contributed by atoms with Crippen LogP contribution in [0.3, 0.4) is 0 Å². The third-order valence-corrected chi connectivity index (χ3v) is 3.52. The Morgan fingerprint density at radius 1 is 1.05 bits per heavy atom. The molecule has 0 spiro atoms. The Morgan fingerprint density at radius 3 is 2.58 bits per heavy atom. The van der Waals surface area contributed by atoms with Gasteiger partial charge in [0.1, 0.15) is 0 Å². The van der Waals surface area contributed by atoms with Gasteiger partial charge in [0.25, 0.3) is 0 Å². The molecule has 0 heterocycles. The molecule has 100 valence electrons. The van der Waals surface area contributed by atoms with E-state index in [-0.39, 0.29) is 0 Å². The predicted octanol–water partition coefficient (Wildman–Crippen LogP) is 3.45. The van der Waals surface area contributed by atoms with Gasteiger partial charge in [0.2, 0.25) is 0 Å². The van der Waals surface area contributed by atoms with E-state index in [1.165, 1.54) is 4.90 Å². The van der Waals surface area contributed by atoms with Crippen LogP contribution in [0.2, 0.25) is 0 Å². The fourth-order valence-electron chi connectivity index (χ4n) is 1.63. The zero-order valence-electron chi connectivity index (χ0n) is 10.8. The van der Waals surface area contributed by atoms with Gasteiger partial charge in [-0.1, -0.05) is 18.2 Å². The van der Waals surface area contributed by atoms with Crippen molar-refractivity contribution in [1.82, 2.24) is 0 Å². The number of hydrogen-bond donors (Lipinski definition) is 1. The third kappa shape index (κ3) is 4.10. The maximum atomic E-state index is 5.70. The average Bonchev–Trinajstić information content (AvgIpc) is 2.46. The predicted molar refractivity (Wildman–Crippen MR) is 80.1 cm³/mol. The molecule has 0 atom stereocenters. The molecular weight excluding hydrogens is 258 g/mol. The van der Waals surface area contributed by atoms with E-state index in [4.69, 9.17) is 15.2 Å². The minimum atomic E-state index is 0.625. The number of ether oxygens (including phenoxy) is 2. The highest BCUT2D eigenvalue weighted by Gasteiger charge is 2.04. The topological polar surface area (TPSA) is 44.5 Å². The quantitative estimate of drug-likeness (QED) is 0.498. The van der Waals surface area contributed by atoms with Crippen LogP contribution in [-0.2, 0) is 0 Å². The molecule has 0 unspecified atom stereocenters. The smallest absolute Gasteiger partial charge is 0.162 e. The first-order valence-corrected chi connectivity index (χ1v) is 7.02. The third-order valence-electron chi connectivity index (χ3n) is 2.54. The van der Waals surface area contributed by atoms with Crippen LogP contribution in [0, 0.1) is 0 Å². The van der Waals surface area contributed by atoms with Crippen LogP contribution < -0.4 is 15.2 Å². The molecule has 0 radical (unpaired) electrons. The maximum absolute atomic E-state index is 5.70. The molecule has 0 saturated heterocycles. The van der Waals surface area contributed by atoms with Crippen molar-refractivity contribution in [3.05, 3.63) is 48.5 Å². The standard InChI is InChI=1S/C15H17NO2S/c1-17-15-11-12(16)7-8-14(15)18-9-10-19-13-5-3-2-4-6-13/h2-8,11H,9-10,16H2,1H3. The fourth-order valence-corrected chi connectivity index (χ4v) is 2.38. The average molecular weight is 275 g/mol. The Morgan fingerprint density at radius 2 is 1.84 bits per heavy atom. The van der Waals surface area contributed by atoms with Gasteiger partial charge in [-0.2, -0.15) is 0 Å². The first kappa shape index (κ1) is 13.6. The van der Waals surface area contributed by atoms with E-state index in [0.29, 0.717) is 18.0 Å². The van der Waals surface area contributed by atoms with Crippen LogP contribution in [0.4, 0.5) is 5.69 Å². The second-order valence-corrected chi connectivity index (χ2v) is 5.09. The van der Waals surface area contributed by atoms with Gasteiger partial charge in [-0.05, 0) is 24.3 Å². The van der Waals surface area contributed by atoms with Crippen molar-refractivity contribution in [3.8, 4) is 11.5 Å². The highest BCUT2D eigenvalue weighted by Crippen LogP contribution is 2.29. The summed E-state index contributed by atoms with van der Waals surface area (Å²) in [4.78, 5) is 1.25. The largest absolute Gasteiger partial charge is 0.493 e. The molecule has 2 aromatic carbocycles. The van der Waals surface area contributed by atoms with Gasteiger partial charge in [0.15, 0.2) is 11.5 Å². The molecule has 4 heteroatoms. The van der Waals surface area contributed by atoms with E-state index >= 15 is 0 Å². The first-order valence-electron chi connectivity index (χ1n) is 6.04. The molecule has 0 saturated carbocycles. The van der Waals surface area contributed by atoms with Crippen molar-refractivity contribution >= 4 is 17.4 Å². The zero-order valence-corrected chi connectivity index (χ0v) is 11.7. The molecule has 2 N–H and O–H groups in total. The Kier molecular flexibility index (Phi) is 4.98. The summed E-state index contributed by atoms with van der Waals surface area (Å²) >= 11 is 1.77. The molecule has 2 aromatic rings. The summed E-state index contributed by atoms with van der Waals surface area (Å²) in [7, 11) is 1.61. The highest BCUT2D eigenvalue weighted by atomic mass is 32.2. The number of thioether (sulfide) groups is 1. The van der Waals surface area contributed by atoms with Crippen molar-refractivity contribution < 1.29 is 9.47 Å². The lowest BCUT2D eigenvalue weighted by atomic mass is 10.3. The van der Waals surface area contributed by atoms with Crippen LogP contribution in [0.15, 0.2) is 53.4 Å². The van der Waals surface area contributed by atoms with Gasteiger partial charge in [0.05, 0.1) is 13.7 Å². The molecular formula is C15H17NO2S.